The van der Waals surface area contributed by atoms with Crippen molar-refractivity contribution < 1.29 is 0 Å². The van der Waals surface area contributed by atoms with Crippen LogP contribution in [0.15, 0.2) is 90.3 Å². The van der Waals surface area contributed by atoms with Crippen LogP contribution in [0.3, 0.4) is 0 Å². The van der Waals surface area contributed by atoms with Crippen LogP contribution in [0.25, 0.3) is 0 Å². The van der Waals surface area contributed by atoms with Crippen LogP contribution in [0.5, 0.6) is 0 Å². The van der Waals surface area contributed by atoms with E-state index in [4.69, 9.17) is 0 Å². The molecule has 0 saturated heterocycles. The highest BCUT2D eigenvalue weighted by Gasteiger charge is 2.34. The Kier molecular flexibility index (Phi) is 40.8. The SMILES string of the molecule is C=CCC(CC(C)CC)CC(CC=C)[Si](CCCCCC)Cn1c(=O)n(C[Si](CCCCCC)C(CC=C)CC(CC=C)CC(C)CC)c(=O)n(C[Si](CCCCCC)C(CC=C)CC(CC=C)CC(C)CC)c1=O. The molecule has 1 rings (SSSR count). The third-order valence-corrected chi connectivity index (χ3v) is 27.3. The fourth-order valence-corrected chi connectivity index (χ4v) is 22.3. The van der Waals surface area contributed by atoms with Crippen molar-refractivity contribution in [2.24, 2.45) is 35.5 Å². The maximum atomic E-state index is 15.7. The standard InChI is InChI=1S/C66H120N3O3Si3/c1-16-28-31-34-43-73(61(40-22-7)49-58(37-19-4)46-55(13)25-10)52-67-64(70)68(53-74(44-35-32-29-17-2)62(41-23-8)50-59(38-20-5)47-56(14)26-11)66(72)69(65(67)71)54-75(45-36-33-30-18-3)63(42-24-9)51-60(39-21-6)48-57(15)27-12/h19-24,55-63H,4-9,16-18,25-54H2,1-3,10-15H3. The molecule has 9 unspecified atom stereocenters. The van der Waals surface area contributed by atoms with Gasteiger partial charge >= 0.3 is 17.1 Å². The van der Waals surface area contributed by atoms with Gasteiger partial charge in [-0.1, -0.05) is 213 Å². The topological polar surface area (TPSA) is 66.0 Å². The predicted octanol–water partition coefficient (Wildman–Crippen LogP) is 18.9. The first kappa shape index (κ1) is 70.5. The molecule has 0 aliphatic rings. The van der Waals surface area contributed by atoms with Gasteiger partial charge in [-0.3, -0.25) is 0 Å². The first-order chi connectivity index (χ1) is 36.2. The Morgan fingerprint density at radius 1 is 0.360 bits per heavy atom. The van der Waals surface area contributed by atoms with Gasteiger partial charge in [-0.05, 0) is 129 Å². The molecule has 0 N–H and O–H groups in total. The fraction of sp³-hybridized carbons (Fsp3) is 0.773. The molecule has 0 aromatic carbocycles. The number of hydrogen-bond acceptors (Lipinski definition) is 3. The molecule has 9 atom stereocenters. The fourth-order valence-electron chi connectivity index (χ4n) is 12.2. The van der Waals surface area contributed by atoms with Crippen LogP contribution in [-0.4, -0.2) is 40.1 Å². The van der Waals surface area contributed by atoms with Gasteiger partial charge in [0.1, 0.15) is 0 Å². The van der Waals surface area contributed by atoms with E-state index >= 15 is 14.4 Å². The maximum Gasteiger partial charge on any atom is 0.335 e. The Labute approximate surface area is 469 Å². The monoisotopic (exact) mass is 1090 g/mol. The molecule has 0 aliphatic carbocycles. The molecule has 1 aromatic rings. The molecule has 3 radical (unpaired) electrons. The summed E-state index contributed by atoms with van der Waals surface area (Å²) in [7, 11) is -4.02. The van der Waals surface area contributed by atoms with E-state index < -0.39 is 26.4 Å². The Bertz CT molecular complexity index is 1630. The number of nitrogens with zero attached hydrogens (tertiary/aromatic N) is 3. The summed E-state index contributed by atoms with van der Waals surface area (Å²) in [5, 5.41) is 0. The molecule has 6 nitrogen and oxygen atoms in total. The maximum absolute atomic E-state index is 15.7. The molecule has 1 aromatic heterocycles. The van der Waals surface area contributed by atoms with E-state index in [1.165, 1.54) is 19.3 Å². The molecule has 429 valence electrons. The first-order valence-electron chi connectivity index (χ1n) is 31.3. The lowest BCUT2D eigenvalue weighted by Gasteiger charge is -2.32. The van der Waals surface area contributed by atoms with Crippen LogP contribution >= 0.6 is 0 Å². The first-order valence-corrected chi connectivity index (χ1v) is 37.3. The molecule has 1 heterocycles. The van der Waals surface area contributed by atoms with Gasteiger partial charge in [0.2, 0.25) is 0 Å². The van der Waals surface area contributed by atoms with E-state index in [1.807, 2.05) is 0 Å². The van der Waals surface area contributed by atoms with Crippen LogP contribution in [-0.2, 0) is 18.5 Å². The van der Waals surface area contributed by atoms with Crippen molar-refractivity contribution in [3.63, 3.8) is 0 Å². The average Bonchev–Trinajstić information content (AvgIpc) is 3.39. The Morgan fingerprint density at radius 3 is 0.800 bits per heavy atom. The highest BCUT2D eigenvalue weighted by Crippen LogP contribution is 2.37. The smallest absolute Gasteiger partial charge is 0.248 e. The van der Waals surface area contributed by atoms with E-state index in [0.29, 0.717) is 70.6 Å². The summed E-state index contributed by atoms with van der Waals surface area (Å²) in [4.78, 5) is 47.2. The summed E-state index contributed by atoms with van der Waals surface area (Å²) < 4.78 is 4.94. The van der Waals surface area contributed by atoms with Crippen molar-refractivity contribution in [3.05, 3.63) is 107 Å². The summed E-state index contributed by atoms with van der Waals surface area (Å²) in [6, 6.07) is 3.13. The average molecular weight is 1090 g/mol. The summed E-state index contributed by atoms with van der Waals surface area (Å²) in [6.45, 7) is 46.3. The van der Waals surface area contributed by atoms with E-state index in [2.05, 4.69) is 138 Å². The molecule has 9 heteroatoms. The number of unbranched alkanes of at least 4 members (excludes halogenated alkanes) is 9. The van der Waals surface area contributed by atoms with Gasteiger partial charge < -0.3 is 0 Å². The molecule has 0 aliphatic heterocycles. The minimum Gasteiger partial charge on any atom is -0.248 e. The van der Waals surface area contributed by atoms with Crippen molar-refractivity contribution in [3.8, 4) is 0 Å². The van der Waals surface area contributed by atoms with Crippen molar-refractivity contribution in [2.45, 2.75) is 289 Å². The molecule has 0 fully saturated rings. The quantitative estimate of drug-likeness (QED) is 0.0371. The molecule has 0 spiro atoms. The van der Waals surface area contributed by atoms with Gasteiger partial charge in [0.25, 0.3) is 0 Å². The molecule has 0 saturated carbocycles. The Hall–Kier alpha value is -2.50. The normalized spacial score (nSPS) is 15.5. The van der Waals surface area contributed by atoms with Gasteiger partial charge in [-0.2, -0.15) is 0 Å². The molecule has 0 amide bonds. The third-order valence-electron chi connectivity index (χ3n) is 17.3. The molecule has 75 heavy (non-hydrogen) atoms. The minimum atomic E-state index is -1.34. The number of aromatic nitrogens is 3. The van der Waals surface area contributed by atoms with Crippen LogP contribution < -0.4 is 17.1 Å². The highest BCUT2D eigenvalue weighted by atomic mass is 28.3. The third kappa shape index (κ3) is 27.8. The van der Waals surface area contributed by atoms with Crippen LogP contribution in [0.4, 0.5) is 0 Å². The molecule has 0 bridgehead atoms. The van der Waals surface area contributed by atoms with Crippen LogP contribution in [0.1, 0.15) is 236 Å². The van der Waals surface area contributed by atoms with E-state index in [1.54, 1.807) is 13.7 Å². The van der Waals surface area contributed by atoms with Gasteiger partial charge in [-0.25, -0.2) is 28.1 Å². The van der Waals surface area contributed by atoms with Gasteiger partial charge in [0.05, 0.1) is 26.4 Å². The zero-order valence-corrected chi connectivity index (χ0v) is 53.8. The zero-order valence-electron chi connectivity index (χ0n) is 50.8. The van der Waals surface area contributed by atoms with E-state index in [9.17, 15) is 0 Å². The second-order valence-electron chi connectivity index (χ2n) is 23.8. The second-order valence-corrected chi connectivity index (χ2v) is 32.7. The molecular weight excluding hydrogens is 967 g/mol. The minimum absolute atomic E-state index is 0.355. The number of allylic oxidation sites excluding steroid dienone is 6. The lowest BCUT2D eigenvalue weighted by atomic mass is 9.87. The van der Waals surface area contributed by atoms with Gasteiger partial charge in [0, 0.05) is 18.5 Å². The predicted molar refractivity (Wildman–Crippen MR) is 340 cm³/mol. The lowest BCUT2D eigenvalue weighted by Crippen LogP contribution is -2.58. The summed E-state index contributed by atoms with van der Waals surface area (Å²) >= 11 is 0. The lowest BCUT2D eigenvalue weighted by molar-refractivity contribution is 0.356. The largest absolute Gasteiger partial charge is 0.335 e. The van der Waals surface area contributed by atoms with Gasteiger partial charge in [0.15, 0.2) is 0 Å². The van der Waals surface area contributed by atoms with Crippen molar-refractivity contribution >= 4 is 26.4 Å². The zero-order chi connectivity index (χ0) is 56.0. The van der Waals surface area contributed by atoms with E-state index in [0.717, 1.165) is 172 Å². The van der Waals surface area contributed by atoms with Crippen LogP contribution in [0.2, 0.25) is 34.8 Å². The molecular formula is C66H120N3O3Si3. The summed E-state index contributed by atoms with van der Waals surface area (Å²) in [5.41, 5.74) is -0.000777. The van der Waals surface area contributed by atoms with Crippen molar-refractivity contribution in [2.75, 3.05) is 0 Å². The van der Waals surface area contributed by atoms with Crippen molar-refractivity contribution in [1.29, 1.82) is 0 Å². The van der Waals surface area contributed by atoms with E-state index in [-0.39, 0.29) is 17.1 Å². The Morgan fingerprint density at radius 2 is 0.600 bits per heavy atom. The number of hydrogen-bond donors (Lipinski definition) is 0. The summed E-state index contributed by atoms with van der Waals surface area (Å²) in [5.74, 6) is 3.34. The van der Waals surface area contributed by atoms with Crippen LogP contribution in [0, 0.1) is 35.5 Å². The summed E-state index contributed by atoms with van der Waals surface area (Å²) in [6.07, 6.45) is 43.3. The second kappa shape index (κ2) is 43.4. The van der Waals surface area contributed by atoms with Gasteiger partial charge in [-0.15, -0.1) is 39.5 Å². The Balaban J connectivity index is 4.53. The van der Waals surface area contributed by atoms with Crippen molar-refractivity contribution in [1.82, 2.24) is 13.7 Å². The number of rotatable bonds is 51. The highest BCUT2D eigenvalue weighted by molar-refractivity contribution is 6.60.